The third-order valence-electron chi connectivity index (χ3n) is 2.80. The molecule has 2 N–H and O–H groups in total. The molecule has 4 heteroatoms. The molecule has 0 aliphatic carbocycles. The first-order valence-electron chi connectivity index (χ1n) is 6.34. The number of carbonyl (C=O) groups is 1. The quantitative estimate of drug-likeness (QED) is 0.928. The van der Waals surface area contributed by atoms with E-state index in [-0.39, 0.29) is 11.7 Å². The summed E-state index contributed by atoms with van der Waals surface area (Å²) in [4.78, 5) is 11.4. The van der Waals surface area contributed by atoms with Crippen LogP contribution in [0.25, 0.3) is 11.1 Å². The number of halogens is 1. The van der Waals surface area contributed by atoms with Gasteiger partial charge in [-0.3, -0.25) is 4.79 Å². The fraction of sp³-hybridized carbons (Fsp3) is 0.188. The minimum Gasteiger partial charge on any atom is -0.491 e. The van der Waals surface area contributed by atoms with E-state index < -0.39 is 11.7 Å². The summed E-state index contributed by atoms with van der Waals surface area (Å²) in [5, 5.41) is 0. The van der Waals surface area contributed by atoms with Gasteiger partial charge in [0.15, 0.2) is 0 Å². The third-order valence-corrected chi connectivity index (χ3v) is 2.80. The summed E-state index contributed by atoms with van der Waals surface area (Å²) < 4.78 is 19.3. The normalized spacial score (nSPS) is 10.6. The van der Waals surface area contributed by atoms with Crippen LogP contribution in [0.1, 0.15) is 24.2 Å². The smallest absolute Gasteiger partial charge is 0.252 e. The van der Waals surface area contributed by atoms with Crippen LogP contribution >= 0.6 is 0 Å². The van der Waals surface area contributed by atoms with E-state index in [1.807, 2.05) is 13.8 Å². The lowest BCUT2D eigenvalue weighted by Gasteiger charge is -2.11. The van der Waals surface area contributed by atoms with Gasteiger partial charge in [0, 0.05) is 0 Å². The Hall–Kier alpha value is -2.36. The van der Waals surface area contributed by atoms with Gasteiger partial charge < -0.3 is 10.5 Å². The number of primary amides is 1. The van der Waals surface area contributed by atoms with Crippen molar-refractivity contribution < 1.29 is 13.9 Å². The fourth-order valence-corrected chi connectivity index (χ4v) is 2.00. The Morgan fingerprint density at radius 2 is 1.80 bits per heavy atom. The Morgan fingerprint density at radius 3 is 2.35 bits per heavy atom. The van der Waals surface area contributed by atoms with Gasteiger partial charge in [0.2, 0.25) is 0 Å². The molecule has 0 unspecified atom stereocenters. The van der Waals surface area contributed by atoms with E-state index in [1.54, 1.807) is 36.4 Å². The largest absolute Gasteiger partial charge is 0.491 e. The number of ether oxygens (including phenoxy) is 1. The third kappa shape index (κ3) is 2.96. The van der Waals surface area contributed by atoms with Crippen LogP contribution in [-0.2, 0) is 0 Å². The number of hydrogen-bond acceptors (Lipinski definition) is 2. The molecule has 0 aliphatic heterocycles. The van der Waals surface area contributed by atoms with Gasteiger partial charge in [-0.25, -0.2) is 4.39 Å². The second-order valence-corrected chi connectivity index (χ2v) is 4.72. The van der Waals surface area contributed by atoms with Crippen LogP contribution in [0.3, 0.4) is 0 Å². The van der Waals surface area contributed by atoms with Crippen molar-refractivity contribution >= 4 is 5.91 Å². The molecule has 20 heavy (non-hydrogen) atoms. The number of nitrogens with two attached hydrogens (primary N) is 1. The first-order valence-corrected chi connectivity index (χ1v) is 6.34. The second kappa shape index (κ2) is 5.74. The molecule has 0 fully saturated rings. The van der Waals surface area contributed by atoms with E-state index in [0.717, 1.165) is 11.3 Å². The average Bonchev–Trinajstić information content (AvgIpc) is 2.38. The highest BCUT2D eigenvalue weighted by Crippen LogP contribution is 2.27. The lowest BCUT2D eigenvalue weighted by atomic mass is 9.99. The van der Waals surface area contributed by atoms with Crippen molar-refractivity contribution in [1.29, 1.82) is 0 Å². The summed E-state index contributed by atoms with van der Waals surface area (Å²) in [6, 6.07) is 11.6. The summed E-state index contributed by atoms with van der Waals surface area (Å²) in [7, 11) is 0. The van der Waals surface area contributed by atoms with Gasteiger partial charge >= 0.3 is 0 Å². The summed E-state index contributed by atoms with van der Waals surface area (Å²) in [5.41, 5.74) is 6.35. The minimum atomic E-state index is -0.777. The van der Waals surface area contributed by atoms with Crippen molar-refractivity contribution in [2.75, 3.05) is 0 Å². The number of rotatable bonds is 4. The lowest BCUT2D eigenvalue weighted by Crippen LogP contribution is -2.14. The molecule has 0 atom stereocenters. The van der Waals surface area contributed by atoms with E-state index in [2.05, 4.69) is 0 Å². The van der Waals surface area contributed by atoms with Gasteiger partial charge in [0.25, 0.3) is 5.91 Å². The van der Waals surface area contributed by atoms with Crippen LogP contribution in [0.4, 0.5) is 4.39 Å². The predicted octanol–water partition coefficient (Wildman–Crippen LogP) is 3.38. The van der Waals surface area contributed by atoms with Crippen LogP contribution in [0.5, 0.6) is 5.75 Å². The van der Waals surface area contributed by atoms with E-state index in [4.69, 9.17) is 10.5 Å². The molecule has 2 aromatic rings. The highest BCUT2D eigenvalue weighted by Gasteiger charge is 2.15. The molecule has 0 bridgehead atoms. The molecule has 1 amide bonds. The van der Waals surface area contributed by atoms with E-state index in [9.17, 15) is 9.18 Å². The van der Waals surface area contributed by atoms with Gasteiger partial charge in [0.05, 0.1) is 11.7 Å². The summed E-state index contributed by atoms with van der Waals surface area (Å²) in [6.07, 6.45) is 0.0798. The van der Waals surface area contributed by atoms with Crippen molar-refractivity contribution in [3.8, 4) is 16.9 Å². The fourth-order valence-electron chi connectivity index (χ4n) is 2.00. The second-order valence-electron chi connectivity index (χ2n) is 4.72. The highest BCUT2D eigenvalue weighted by atomic mass is 19.1. The first-order chi connectivity index (χ1) is 9.49. The average molecular weight is 273 g/mol. The molecule has 0 saturated carbocycles. The van der Waals surface area contributed by atoms with E-state index in [1.165, 1.54) is 6.07 Å². The van der Waals surface area contributed by atoms with Gasteiger partial charge in [-0.15, -0.1) is 0 Å². The van der Waals surface area contributed by atoms with Crippen molar-refractivity contribution in [3.63, 3.8) is 0 Å². The van der Waals surface area contributed by atoms with Crippen LogP contribution in [0.15, 0.2) is 42.5 Å². The number of hydrogen-bond donors (Lipinski definition) is 1. The highest BCUT2D eigenvalue weighted by molar-refractivity contribution is 6.00. The molecule has 0 heterocycles. The van der Waals surface area contributed by atoms with Crippen molar-refractivity contribution in [2.45, 2.75) is 20.0 Å². The van der Waals surface area contributed by atoms with Crippen LogP contribution in [-0.4, -0.2) is 12.0 Å². The molecule has 0 saturated heterocycles. The Bertz CT molecular complexity index is 621. The SMILES string of the molecule is CC(C)Oc1ccc(-c2cccc(F)c2C(N)=O)cc1. The Balaban J connectivity index is 2.42. The number of carbonyl (C=O) groups excluding carboxylic acids is 1. The Morgan fingerprint density at radius 1 is 1.15 bits per heavy atom. The zero-order valence-corrected chi connectivity index (χ0v) is 11.4. The van der Waals surface area contributed by atoms with Crippen LogP contribution < -0.4 is 10.5 Å². The monoisotopic (exact) mass is 273 g/mol. The predicted molar refractivity (Wildman–Crippen MR) is 76.1 cm³/mol. The molecule has 2 aromatic carbocycles. The molecule has 104 valence electrons. The van der Waals surface area contributed by atoms with Crippen molar-refractivity contribution in [3.05, 3.63) is 53.8 Å². The van der Waals surface area contributed by atoms with Crippen molar-refractivity contribution in [1.82, 2.24) is 0 Å². The van der Waals surface area contributed by atoms with E-state index >= 15 is 0 Å². The molecular formula is C16H16FNO2. The summed E-state index contributed by atoms with van der Waals surface area (Å²) in [5.74, 6) is -0.668. The maximum Gasteiger partial charge on any atom is 0.252 e. The van der Waals surface area contributed by atoms with E-state index in [0.29, 0.717) is 5.56 Å². The Kier molecular flexibility index (Phi) is 4.03. The Labute approximate surface area is 117 Å². The topological polar surface area (TPSA) is 52.3 Å². The molecule has 0 spiro atoms. The number of benzene rings is 2. The maximum absolute atomic E-state index is 13.7. The van der Waals surface area contributed by atoms with Crippen LogP contribution in [0, 0.1) is 5.82 Å². The molecule has 0 aliphatic rings. The molecular weight excluding hydrogens is 257 g/mol. The molecule has 0 aromatic heterocycles. The summed E-state index contributed by atoms with van der Waals surface area (Å²) in [6.45, 7) is 3.87. The standard InChI is InChI=1S/C16H16FNO2/c1-10(2)20-12-8-6-11(7-9-12)13-4-3-5-14(17)15(13)16(18)19/h3-10H,1-2H3,(H2,18,19). The summed E-state index contributed by atoms with van der Waals surface area (Å²) >= 11 is 0. The zero-order valence-electron chi connectivity index (χ0n) is 11.4. The van der Waals surface area contributed by atoms with Crippen molar-refractivity contribution in [2.24, 2.45) is 5.73 Å². The molecule has 0 radical (unpaired) electrons. The lowest BCUT2D eigenvalue weighted by molar-refractivity contribution is 0.0997. The molecule has 3 nitrogen and oxygen atoms in total. The van der Waals surface area contributed by atoms with Gasteiger partial charge in [-0.05, 0) is 43.2 Å². The minimum absolute atomic E-state index is 0.0798. The van der Waals surface area contributed by atoms with Gasteiger partial charge in [-0.1, -0.05) is 24.3 Å². The van der Waals surface area contributed by atoms with Crippen LogP contribution in [0.2, 0.25) is 0 Å². The van der Waals surface area contributed by atoms with Gasteiger partial charge in [0.1, 0.15) is 11.6 Å². The first kappa shape index (κ1) is 14.1. The number of amides is 1. The maximum atomic E-state index is 13.7. The van der Waals surface area contributed by atoms with Gasteiger partial charge in [-0.2, -0.15) is 0 Å². The molecule has 2 rings (SSSR count). The zero-order chi connectivity index (χ0) is 14.7.